The van der Waals surface area contributed by atoms with Crippen molar-refractivity contribution in [3.8, 4) is 12.3 Å². The summed E-state index contributed by atoms with van der Waals surface area (Å²) in [6, 6.07) is 20.9. The van der Waals surface area contributed by atoms with E-state index in [1.807, 2.05) is 47.5 Å². The average Bonchev–Trinajstić information content (AvgIpc) is 2.79. The number of hydrazone groups is 1. The second kappa shape index (κ2) is 14.2. The summed E-state index contributed by atoms with van der Waals surface area (Å²) in [4.78, 5) is 0. The molecule has 0 aliphatic heterocycles. The van der Waals surface area contributed by atoms with Crippen molar-refractivity contribution in [3.63, 3.8) is 0 Å². The number of benzene rings is 2. The third kappa shape index (κ3) is 8.65. The van der Waals surface area contributed by atoms with Crippen LogP contribution in [0.25, 0.3) is 0 Å². The van der Waals surface area contributed by atoms with Gasteiger partial charge in [-0.05, 0) is 26.3 Å². The van der Waals surface area contributed by atoms with E-state index in [1.54, 1.807) is 0 Å². The van der Waals surface area contributed by atoms with Crippen molar-refractivity contribution in [1.82, 2.24) is 15.6 Å². The summed E-state index contributed by atoms with van der Waals surface area (Å²) in [7, 11) is 0. The summed E-state index contributed by atoms with van der Waals surface area (Å²) in [5.41, 5.74) is 3.07. The smallest absolute Gasteiger partial charge is 0.0981 e. The molecule has 4 heteroatoms. The van der Waals surface area contributed by atoms with Crippen molar-refractivity contribution in [2.24, 2.45) is 5.10 Å². The van der Waals surface area contributed by atoms with E-state index in [1.165, 1.54) is 6.42 Å². The summed E-state index contributed by atoms with van der Waals surface area (Å²) in [5, 5.41) is 13.8. The Morgan fingerprint density at radius 1 is 1.10 bits per heavy atom. The maximum atomic E-state index is 5.62. The number of hydrogen-bond donors (Lipinski definition) is 2. The van der Waals surface area contributed by atoms with Crippen LogP contribution in [-0.2, 0) is 0 Å². The number of nitrogens with zero attached hydrogens (tertiary/aromatic N) is 2. The Morgan fingerprint density at radius 3 is 2.30 bits per heavy atom. The molecule has 2 rings (SSSR count). The van der Waals surface area contributed by atoms with E-state index in [0.29, 0.717) is 19.3 Å². The molecule has 0 spiro atoms. The van der Waals surface area contributed by atoms with E-state index in [0.717, 1.165) is 42.8 Å². The number of hydrogen-bond acceptors (Lipinski definition) is 4. The van der Waals surface area contributed by atoms with Crippen molar-refractivity contribution in [2.45, 2.75) is 32.2 Å². The van der Waals surface area contributed by atoms with E-state index >= 15 is 0 Å². The molecule has 1 unspecified atom stereocenters. The lowest BCUT2D eigenvalue weighted by atomic mass is 10.0. The highest BCUT2D eigenvalue weighted by atomic mass is 15.5. The van der Waals surface area contributed by atoms with Gasteiger partial charge in [0.05, 0.1) is 18.9 Å². The molecular weight excluding hydrogens is 368 g/mol. The highest BCUT2D eigenvalue weighted by Gasteiger charge is 2.10. The van der Waals surface area contributed by atoms with Gasteiger partial charge in [-0.25, -0.2) is 0 Å². The molecule has 158 valence electrons. The molecule has 0 heterocycles. The molecule has 0 bridgehead atoms. The minimum atomic E-state index is 0.400. The normalized spacial score (nSPS) is 11.3. The molecule has 2 aromatic rings. The minimum absolute atomic E-state index is 0.400. The van der Waals surface area contributed by atoms with Crippen molar-refractivity contribution in [2.75, 3.05) is 26.3 Å². The Hall–Kier alpha value is -2.87. The third-order valence-corrected chi connectivity index (χ3v) is 4.76. The Balaban J connectivity index is 1.99. The fraction of sp³-hybridized carbons (Fsp3) is 0.346. The molecule has 2 aromatic carbocycles. The molecule has 0 saturated heterocycles. The van der Waals surface area contributed by atoms with Crippen LogP contribution in [0.4, 0.5) is 0 Å². The van der Waals surface area contributed by atoms with Gasteiger partial charge in [0.15, 0.2) is 0 Å². The molecule has 0 aliphatic carbocycles. The molecule has 0 aliphatic rings. The molecule has 4 nitrogen and oxygen atoms in total. The Kier molecular flexibility index (Phi) is 11.1. The van der Waals surface area contributed by atoms with Crippen molar-refractivity contribution in [3.05, 3.63) is 84.4 Å². The van der Waals surface area contributed by atoms with Gasteiger partial charge in [-0.3, -0.25) is 10.3 Å². The van der Waals surface area contributed by atoms with Gasteiger partial charge in [-0.1, -0.05) is 79.1 Å². The second-order valence-corrected chi connectivity index (χ2v) is 7.30. The van der Waals surface area contributed by atoms with Gasteiger partial charge in [-0.2, -0.15) is 5.10 Å². The molecule has 1 atom stereocenters. The molecule has 30 heavy (non-hydrogen) atoms. The van der Waals surface area contributed by atoms with Crippen LogP contribution in [0.2, 0.25) is 0 Å². The van der Waals surface area contributed by atoms with Crippen LogP contribution in [0, 0.1) is 12.3 Å². The van der Waals surface area contributed by atoms with Gasteiger partial charge in [0, 0.05) is 23.7 Å². The highest BCUT2D eigenvalue weighted by molar-refractivity contribution is 6.12. The first kappa shape index (κ1) is 23.4. The summed E-state index contributed by atoms with van der Waals surface area (Å²) < 4.78 is 0. The average molecular weight is 403 g/mol. The molecule has 0 fully saturated rings. The van der Waals surface area contributed by atoms with E-state index in [4.69, 9.17) is 11.5 Å². The predicted molar refractivity (Wildman–Crippen MR) is 128 cm³/mol. The van der Waals surface area contributed by atoms with Gasteiger partial charge in [0.2, 0.25) is 0 Å². The quantitative estimate of drug-likeness (QED) is 0.124. The van der Waals surface area contributed by atoms with E-state index < -0.39 is 0 Å². The molecule has 2 N–H and O–H groups in total. The van der Waals surface area contributed by atoms with Crippen LogP contribution in [0.3, 0.4) is 0 Å². The van der Waals surface area contributed by atoms with Gasteiger partial charge in [-0.15, -0.1) is 13.0 Å². The lowest BCUT2D eigenvalue weighted by Gasteiger charge is -2.22. The van der Waals surface area contributed by atoms with Crippen LogP contribution in [-0.4, -0.2) is 43.1 Å². The third-order valence-electron chi connectivity index (χ3n) is 4.76. The standard InChI is InChI=1S/C26H34N4/c1-4-19-27-20-13-12-14-23(3)28-22-30(21-5-2)29-26(24-15-8-6-9-16-24)25-17-10-7-11-18-25/h2,4,6-11,15-18,23,27-28H,1,12-14,19-22H2,3H3. The number of nitrogens with one attached hydrogen (secondary N) is 2. The maximum absolute atomic E-state index is 5.62. The van der Waals surface area contributed by atoms with Crippen molar-refractivity contribution < 1.29 is 0 Å². The Morgan fingerprint density at radius 2 is 1.73 bits per heavy atom. The number of terminal acetylenes is 1. The number of unbranched alkanes of at least 4 members (excludes halogenated alkanes) is 1. The molecule has 0 radical (unpaired) electrons. The fourth-order valence-electron chi connectivity index (χ4n) is 3.12. The van der Waals surface area contributed by atoms with Gasteiger partial charge in [0.25, 0.3) is 0 Å². The molecule has 0 amide bonds. The summed E-state index contributed by atoms with van der Waals surface area (Å²) in [6.45, 7) is 8.90. The van der Waals surface area contributed by atoms with Crippen LogP contribution in [0.1, 0.15) is 37.3 Å². The molecule has 0 aromatic heterocycles. The van der Waals surface area contributed by atoms with Gasteiger partial charge >= 0.3 is 0 Å². The van der Waals surface area contributed by atoms with Crippen molar-refractivity contribution in [1.29, 1.82) is 0 Å². The molecule has 0 saturated carbocycles. The first-order valence-corrected chi connectivity index (χ1v) is 10.7. The first-order valence-electron chi connectivity index (χ1n) is 10.7. The summed E-state index contributed by atoms with van der Waals surface area (Å²) in [6.07, 6.45) is 11.0. The first-order chi connectivity index (χ1) is 14.7. The lowest BCUT2D eigenvalue weighted by Crippen LogP contribution is -2.37. The summed E-state index contributed by atoms with van der Waals surface area (Å²) >= 11 is 0. The Labute approximate surface area is 182 Å². The summed E-state index contributed by atoms with van der Waals surface area (Å²) in [5.74, 6) is 2.73. The largest absolute Gasteiger partial charge is 0.313 e. The van der Waals surface area contributed by atoms with Crippen molar-refractivity contribution >= 4 is 5.71 Å². The zero-order chi connectivity index (χ0) is 21.4. The monoisotopic (exact) mass is 402 g/mol. The lowest BCUT2D eigenvalue weighted by molar-refractivity contribution is 0.276. The topological polar surface area (TPSA) is 39.7 Å². The van der Waals surface area contributed by atoms with Gasteiger partial charge in [0.1, 0.15) is 0 Å². The SMILES string of the molecule is C#CCN(CNC(C)CCCCNCC=C)N=C(c1ccccc1)c1ccccc1. The highest BCUT2D eigenvalue weighted by Crippen LogP contribution is 2.12. The van der Waals surface area contributed by atoms with Crippen LogP contribution in [0.15, 0.2) is 78.4 Å². The maximum Gasteiger partial charge on any atom is 0.0981 e. The fourth-order valence-corrected chi connectivity index (χ4v) is 3.12. The van der Waals surface area contributed by atoms with Crippen LogP contribution >= 0.6 is 0 Å². The van der Waals surface area contributed by atoms with E-state index in [-0.39, 0.29) is 0 Å². The van der Waals surface area contributed by atoms with Gasteiger partial charge < -0.3 is 5.32 Å². The Bertz CT molecular complexity index is 751. The van der Waals surface area contributed by atoms with Crippen LogP contribution < -0.4 is 10.6 Å². The zero-order valence-corrected chi connectivity index (χ0v) is 18.1. The second-order valence-electron chi connectivity index (χ2n) is 7.30. The zero-order valence-electron chi connectivity index (χ0n) is 18.1. The van der Waals surface area contributed by atoms with E-state index in [9.17, 15) is 0 Å². The van der Waals surface area contributed by atoms with E-state index in [2.05, 4.69) is 54.3 Å². The van der Waals surface area contributed by atoms with Crippen LogP contribution in [0.5, 0.6) is 0 Å². The number of rotatable bonds is 14. The molecular formula is C26H34N4. The predicted octanol–water partition coefficient (Wildman–Crippen LogP) is 4.26. The minimum Gasteiger partial charge on any atom is -0.313 e.